The van der Waals surface area contributed by atoms with Gasteiger partial charge in [0.05, 0.1) is 126 Å². The van der Waals surface area contributed by atoms with Crippen molar-refractivity contribution in [2.75, 3.05) is 159 Å². The molecule has 0 aliphatic carbocycles. The molecule has 0 spiro atoms. The second kappa shape index (κ2) is 39.7. The molecule has 43 nitrogen and oxygen atoms in total. The Balaban J connectivity index is 4.28. The zero-order valence-electron chi connectivity index (χ0n) is 41.4. The van der Waals surface area contributed by atoms with Crippen LogP contribution in [0, 0.1) is 11.8 Å². The van der Waals surface area contributed by atoms with Crippen molar-refractivity contribution < 1.29 is 191 Å². The van der Waals surface area contributed by atoms with Gasteiger partial charge in [0.2, 0.25) is 0 Å². The predicted octanol–water partition coefficient (Wildman–Crippen LogP) is -0.0384. The molecule has 0 aromatic heterocycles. The Labute approximate surface area is 449 Å². The standard InChI is InChI=1S/C26H66N2O41P10/c1-27-19-25(21-29)22-68-78(47,48)65-17-15-63-76(43,44)61-13-11-59-74(39,40)57-9-7-55-72(35,36)53-5-3-51-71(33,34)52-4-6-54-73(37,38)56-8-10-58-75(41,42)60-12-14-62-77(45,46)64-16-18-66-79(49,50)69-24-26(20-28-2)23-67-70(30,31)32/h25-29H,3-24H2,1-2H3,(H,33,34)(H,35,36)(H,37,38)(H,39,40)(H,41,42)(H,43,44)(H,45,46)(H,47,48)(H,49,50)(H2,30,31,32). The first kappa shape index (κ1) is 80.0. The van der Waals surface area contributed by atoms with Gasteiger partial charge in [-0.15, -0.1) is 0 Å². The van der Waals surface area contributed by atoms with Crippen LogP contribution in [0.3, 0.4) is 0 Å². The minimum Gasteiger partial charge on any atom is -0.396 e. The van der Waals surface area contributed by atoms with Crippen LogP contribution in [-0.2, 0) is 132 Å². The Morgan fingerprint density at radius 1 is 0.266 bits per heavy atom. The van der Waals surface area contributed by atoms with Gasteiger partial charge in [0.15, 0.2) is 0 Å². The number of aliphatic hydroxyl groups excluding tert-OH is 1. The Kier molecular flexibility index (Phi) is 40.2. The lowest BCUT2D eigenvalue weighted by molar-refractivity contribution is 0.0702. The molecule has 53 heteroatoms. The zero-order chi connectivity index (χ0) is 60.6. The molecule has 0 aliphatic rings. The Morgan fingerprint density at radius 3 is 0.582 bits per heavy atom. The summed E-state index contributed by atoms with van der Waals surface area (Å²) in [5.74, 6) is -1.35. The molecule has 0 rings (SSSR count). The molecule has 0 fully saturated rings. The highest BCUT2D eigenvalue weighted by Crippen LogP contribution is 2.51. The van der Waals surface area contributed by atoms with Gasteiger partial charge in [-0.1, -0.05) is 0 Å². The van der Waals surface area contributed by atoms with E-state index in [4.69, 9.17) is 23.9 Å². The molecule has 14 N–H and O–H groups in total. The quantitative estimate of drug-likeness (QED) is 0.0281. The van der Waals surface area contributed by atoms with E-state index in [-0.39, 0.29) is 26.3 Å². The van der Waals surface area contributed by atoms with Crippen LogP contribution in [0.5, 0.6) is 0 Å². The van der Waals surface area contributed by atoms with Crippen LogP contribution in [0.1, 0.15) is 0 Å². The summed E-state index contributed by atoms with van der Waals surface area (Å²) < 4.78 is 204. The van der Waals surface area contributed by atoms with Gasteiger partial charge in [-0.05, 0) is 14.1 Å². The number of phosphoric ester groups is 10. The fourth-order valence-corrected chi connectivity index (χ4v) is 11.1. The fraction of sp³-hybridized carbons (Fsp3) is 1.00. The van der Waals surface area contributed by atoms with Crippen LogP contribution in [0.25, 0.3) is 0 Å². The van der Waals surface area contributed by atoms with E-state index in [9.17, 15) is 89.7 Å². The molecule has 0 amide bonds. The van der Waals surface area contributed by atoms with Crippen molar-refractivity contribution in [3.8, 4) is 0 Å². The number of phosphoric acid groups is 10. The van der Waals surface area contributed by atoms with Gasteiger partial charge >= 0.3 is 78.2 Å². The minimum absolute atomic E-state index is 0.0423. The van der Waals surface area contributed by atoms with Gasteiger partial charge in [0.25, 0.3) is 0 Å². The normalized spacial score (nSPS) is 20.2. The summed E-state index contributed by atoms with van der Waals surface area (Å²) in [5.41, 5.74) is 0. The highest BCUT2D eigenvalue weighted by molar-refractivity contribution is 7.49. The molecule has 11 unspecified atom stereocenters. The first-order valence-electron chi connectivity index (χ1n) is 21.5. The molecule has 476 valence electrons. The molecule has 11 atom stereocenters. The van der Waals surface area contributed by atoms with E-state index in [0.717, 1.165) is 0 Å². The average molecular weight is 1370 g/mol. The molecule has 0 aromatic rings. The smallest absolute Gasteiger partial charge is 0.396 e. The summed E-state index contributed by atoms with van der Waals surface area (Å²) >= 11 is 0. The SMILES string of the molecule is CNCC(CO)COP(=O)(O)OCCOP(=O)(O)OCCOP(=O)(O)OCCOP(=O)(O)OCCOP(=O)(O)OCCOP(=O)(O)OCCOP(=O)(O)OCCOP(=O)(O)OCCOP(=O)(O)OCC(CNC)COP(=O)(O)O. The van der Waals surface area contributed by atoms with Crippen LogP contribution in [0.2, 0.25) is 0 Å². The average Bonchev–Trinajstić information content (AvgIpc) is 3.32. The lowest BCUT2D eigenvalue weighted by atomic mass is 10.2. The molecule has 0 saturated heterocycles. The van der Waals surface area contributed by atoms with Crippen molar-refractivity contribution in [2.24, 2.45) is 11.8 Å². The molecule has 0 heterocycles. The summed E-state index contributed by atoms with van der Waals surface area (Å²) in [7, 11) is -45.8. The highest BCUT2D eigenvalue weighted by atomic mass is 31.2. The van der Waals surface area contributed by atoms with Crippen molar-refractivity contribution >= 4 is 78.2 Å². The third-order valence-corrected chi connectivity index (χ3v) is 17.0. The number of rotatable bonds is 54. The Hall–Kier alpha value is 0.980. The van der Waals surface area contributed by atoms with Crippen LogP contribution in [-0.4, -0.2) is 218 Å². The predicted molar refractivity (Wildman–Crippen MR) is 255 cm³/mol. The molecule has 79 heavy (non-hydrogen) atoms. The molecule has 0 aromatic carbocycles. The summed E-state index contributed by atoms with van der Waals surface area (Å²) in [5, 5.41) is 14.5. The van der Waals surface area contributed by atoms with E-state index in [2.05, 4.69) is 87.5 Å². The molecular formula is C26H66N2O41P10. The number of hydrogen-bond acceptors (Lipinski definition) is 32. The lowest BCUT2D eigenvalue weighted by Gasteiger charge is -2.19. The maximum atomic E-state index is 12.0. The van der Waals surface area contributed by atoms with E-state index in [0.29, 0.717) is 0 Å². The van der Waals surface area contributed by atoms with Gasteiger partial charge in [0.1, 0.15) is 0 Å². The van der Waals surface area contributed by atoms with Crippen molar-refractivity contribution in [3.63, 3.8) is 0 Å². The third-order valence-electron chi connectivity index (χ3n) is 7.41. The molecule has 0 radical (unpaired) electrons. The van der Waals surface area contributed by atoms with Crippen molar-refractivity contribution in [1.29, 1.82) is 0 Å². The zero-order valence-corrected chi connectivity index (χ0v) is 50.3. The highest BCUT2D eigenvalue weighted by Gasteiger charge is 2.31. The molecule has 0 bridgehead atoms. The first-order valence-corrected chi connectivity index (χ1v) is 36.4. The van der Waals surface area contributed by atoms with Gasteiger partial charge < -0.3 is 69.6 Å². The van der Waals surface area contributed by atoms with Crippen LogP contribution >= 0.6 is 78.2 Å². The van der Waals surface area contributed by atoms with Crippen LogP contribution < -0.4 is 10.6 Å². The third kappa shape index (κ3) is 47.8. The van der Waals surface area contributed by atoms with Gasteiger partial charge in [0, 0.05) is 31.5 Å². The largest absolute Gasteiger partial charge is 0.472 e. The number of hydrogen-bond donors (Lipinski definition) is 14. The summed E-state index contributed by atoms with van der Waals surface area (Å²) in [6.45, 7) is -15.4. The fourth-order valence-electron chi connectivity index (χ4n) is 4.30. The summed E-state index contributed by atoms with van der Waals surface area (Å²) in [6, 6.07) is 0. The van der Waals surface area contributed by atoms with Crippen molar-refractivity contribution in [2.45, 2.75) is 0 Å². The van der Waals surface area contributed by atoms with Crippen LogP contribution in [0.4, 0.5) is 0 Å². The van der Waals surface area contributed by atoms with Crippen LogP contribution in [0.15, 0.2) is 0 Å². The Bertz CT molecular complexity index is 2210. The maximum Gasteiger partial charge on any atom is 0.472 e. The summed E-state index contributed by atoms with van der Waals surface area (Å²) in [4.78, 5) is 105. The minimum atomic E-state index is -4.98. The van der Waals surface area contributed by atoms with E-state index >= 15 is 0 Å². The van der Waals surface area contributed by atoms with Gasteiger partial charge in [-0.2, -0.15) is 0 Å². The number of aliphatic hydroxyl groups is 1. The second-order valence-corrected chi connectivity index (χ2v) is 28.3. The second-order valence-electron chi connectivity index (χ2n) is 14.0. The first-order chi connectivity index (χ1) is 36.3. The van der Waals surface area contributed by atoms with Gasteiger partial charge in [-0.3, -0.25) is 86.0 Å². The number of nitrogens with one attached hydrogen (secondary N) is 2. The van der Waals surface area contributed by atoms with E-state index < -0.39 is 209 Å². The molecule has 0 saturated carbocycles. The maximum absolute atomic E-state index is 12.0. The Morgan fingerprint density at radius 2 is 0.418 bits per heavy atom. The topological polar surface area (TPSA) is 613 Å². The monoisotopic (exact) mass is 1370 g/mol. The van der Waals surface area contributed by atoms with E-state index in [1.165, 1.54) is 7.05 Å². The molecular weight excluding hydrogens is 1310 g/mol. The van der Waals surface area contributed by atoms with E-state index in [1.54, 1.807) is 7.05 Å². The molecule has 0 aliphatic heterocycles. The lowest BCUT2D eigenvalue weighted by Crippen LogP contribution is -2.26. The van der Waals surface area contributed by atoms with E-state index in [1.807, 2.05) is 0 Å². The van der Waals surface area contributed by atoms with Gasteiger partial charge in [-0.25, -0.2) is 45.7 Å². The summed E-state index contributed by atoms with van der Waals surface area (Å²) in [6.07, 6.45) is 0. The van der Waals surface area contributed by atoms with Crippen molar-refractivity contribution in [1.82, 2.24) is 10.6 Å². The van der Waals surface area contributed by atoms with Crippen molar-refractivity contribution in [3.05, 3.63) is 0 Å².